The van der Waals surface area contributed by atoms with Crippen molar-refractivity contribution in [1.29, 1.82) is 0 Å². The maximum atomic E-state index is 10.9. The summed E-state index contributed by atoms with van der Waals surface area (Å²) in [6.45, 7) is 1.58. The number of carboxylic acid groups (broad SMARTS) is 1. The van der Waals surface area contributed by atoms with Gasteiger partial charge in [0.1, 0.15) is 0 Å². The lowest BCUT2D eigenvalue weighted by molar-refractivity contribution is -0.138. The number of carboxylic acids is 1. The molecule has 0 bridgehead atoms. The number of hydrogen-bond acceptors (Lipinski definition) is 2. The molecule has 0 aromatic heterocycles. The second kappa shape index (κ2) is 6.60. The molecule has 5 heteroatoms. The number of rotatable bonds is 4. The van der Waals surface area contributed by atoms with Crippen LogP contribution in [0.25, 0.3) is 0 Å². The summed E-state index contributed by atoms with van der Waals surface area (Å²) in [5, 5.41) is 10.1. The molecule has 1 aromatic rings. The Hall–Kier alpha value is -0.770. The summed E-state index contributed by atoms with van der Waals surface area (Å²) < 4.78 is 0. The predicted molar refractivity (Wildman–Crippen MR) is 76.8 cm³/mol. The Morgan fingerprint density at radius 3 is 2.89 bits per heavy atom. The number of aliphatic carboxylic acids is 1. The standard InChI is InChI=1S/C14H17Cl2NO2/c15-12-6-3-4-10(14(12)16)9-17-7-2-1-5-11(17)8-13(18)19/h3-4,6,11H,1-2,5,7-9H2,(H,18,19). The topological polar surface area (TPSA) is 40.5 Å². The zero-order valence-corrected chi connectivity index (χ0v) is 12.1. The van der Waals surface area contributed by atoms with Crippen molar-refractivity contribution >= 4 is 29.2 Å². The van der Waals surface area contributed by atoms with E-state index in [4.69, 9.17) is 28.3 Å². The molecular weight excluding hydrogens is 285 g/mol. The molecule has 0 spiro atoms. The van der Waals surface area contributed by atoms with Crippen LogP contribution in [-0.2, 0) is 11.3 Å². The summed E-state index contributed by atoms with van der Waals surface area (Å²) in [7, 11) is 0. The SMILES string of the molecule is O=C(O)CC1CCCCN1Cc1cccc(Cl)c1Cl. The quantitative estimate of drug-likeness (QED) is 0.919. The van der Waals surface area contributed by atoms with Gasteiger partial charge in [0.2, 0.25) is 0 Å². The Labute approximate surface area is 123 Å². The van der Waals surface area contributed by atoms with Crippen molar-refractivity contribution in [3.8, 4) is 0 Å². The Kier molecular flexibility index (Phi) is 5.08. The average molecular weight is 302 g/mol. The Morgan fingerprint density at radius 1 is 1.37 bits per heavy atom. The van der Waals surface area contributed by atoms with Gasteiger partial charge in [0.15, 0.2) is 0 Å². The van der Waals surface area contributed by atoms with Crippen LogP contribution in [0, 0.1) is 0 Å². The second-order valence-electron chi connectivity index (χ2n) is 4.93. The summed E-state index contributed by atoms with van der Waals surface area (Å²) in [6.07, 6.45) is 3.33. The fourth-order valence-electron chi connectivity index (χ4n) is 2.59. The average Bonchev–Trinajstić information content (AvgIpc) is 2.36. The van der Waals surface area contributed by atoms with Gasteiger partial charge in [-0.25, -0.2) is 0 Å². The van der Waals surface area contributed by atoms with Crippen LogP contribution in [0.2, 0.25) is 10.0 Å². The molecule has 1 heterocycles. The molecule has 0 radical (unpaired) electrons. The molecule has 0 aliphatic carbocycles. The van der Waals surface area contributed by atoms with Gasteiger partial charge < -0.3 is 5.11 Å². The van der Waals surface area contributed by atoms with Crippen molar-refractivity contribution in [3.63, 3.8) is 0 Å². The lowest BCUT2D eigenvalue weighted by atomic mass is 9.98. The molecule has 1 unspecified atom stereocenters. The minimum atomic E-state index is -0.742. The van der Waals surface area contributed by atoms with Crippen LogP contribution >= 0.6 is 23.2 Å². The normalized spacial score (nSPS) is 20.4. The molecule has 1 atom stereocenters. The summed E-state index contributed by atoms with van der Waals surface area (Å²) >= 11 is 12.2. The Bertz CT molecular complexity index is 465. The summed E-state index contributed by atoms with van der Waals surface area (Å²) in [6, 6.07) is 5.68. The highest BCUT2D eigenvalue weighted by atomic mass is 35.5. The first-order valence-electron chi connectivity index (χ1n) is 6.46. The monoisotopic (exact) mass is 301 g/mol. The first-order valence-corrected chi connectivity index (χ1v) is 7.22. The highest BCUT2D eigenvalue weighted by Crippen LogP contribution is 2.29. The third-order valence-corrected chi connectivity index (χ3v) is 4.42. The van der Waals surface area contributed by atoms with Gasteiger partial charge in [0, 0.05) is 12.6 Å². The zero-order valence-electron chi connectivity index (χ0n) is 10.6. The van der Waals surface area contributed by atoms with E-state index in [1.165, 1.54) is 0 Å². The highest BCUT2D eigenvalue weighted by molar-refractivity contribution is 6.42. The van der Waals surface area contributed by atoms with Crippen molar-refractivity contribution < 1.29 is 9.90 Å². The molecule has 0 amide bonds. The van der Waals surface area contributed by atoms with Gasteiger partial charge in [0.05, 0.1) is 16.5 Å². The lowest BCUT2D eigenvalue weighted by Gasteiger charge is -2.35. The van der Waals surface area contributed by atoms with E-state index in [0.717, 1.165) is 31.4 Å². The van der Waals surface area contributed by atoms with Crippen molar-refractivity contribution in [2.24, 2.45) is 0 Å². The first kappa shape index (κ1) is 14.6. The van der Waals surface area contributed by atoms with E-state index < -0.39 is 5.97 Å². The fourth-order valence-corrected chi connectivity index (χ4v) is 2.97. The van der Waals surface area contributed by atoms with Crippen LogP contribution in [0.3, 0.4) is 0 Å². The molecule has 0 saturated carbocycles. The van der Waals surface area contributed by atoms with Gasteiger partial charge >= 0.3 is 5.97 Å². The molecule has 1 saturated heterocycles. The van der Waals surface area contributed by atoms with E-state index in [-0.39, 0.29) is 12.5 Å². The van der Waals surface area contributed by atoms with Crippen LogP contribution in [0.4, 0.5) is 0 Å². The number of likely N-dealkylation sites (tertiary alicyclic amines) is 1. The maximum Gasteiger partial charge on any atom is 0.304 e. The van der Waals surface area contributed by atoms with Crippen LogP contribution in [0.15, 0.2) is 18.2 Å². The van der Waals surface area contributed by atoms with Crippen LogP contribution < -0.4 is 0 Å². The smallest absolute Gasteiger partial charge is 0.304 e. The van der Waals surface area contributed by atoms with Crippen LogP contribution in [0.5, 0.6) is 0 Å². The number of hydrogen-bond donors (Lipinski definition) is 1. The number of nitrogens with zero attached hydrogens (tertiary/aromatic N) is 1. The van der Waals surface area contributed by atoms with Crippen LogP contribution in [0.1, 0.15) is 31.2 Å². The first-order chi connectivity index (χ1) is 9.08. The highest BCUT2D eigenvalue weighted by Gasteiger charge is 2.25. The number of halogens is 2. The maximum absolute atomic E-state index is 10.9. The van der Waals surface area contributed by atoms with E-state index in [1.54, 1.807) is 6.07 Å². The Balaban J connectivity index is 2.10. The van der Waals surface area contributed by atoms with Gasteiger partial charge in [-0.1, -0.05) is 41.8 Å². The summed E-state index contributed by atoms with van der Waals surface area (Å²) in [5.41, 5.74) is 0.964. The molecule has 1 aliphatic rings. The van der Waals surface area contributed by atoms with E-state index >= 15 is 0 Å². The molecule has 19 heavy (non-hydrogen) atoms. The van der Waals surface area contributed by atoms with Gasteiger partial charge in [-0.15, -0.1) is 0 Å². The van der Waals surface area contributed by atoms with Gasteiger partial charge in [0.25, 0.3) is 0 Å². The number of benzene rings is 1. The number of piperidine rings is 1. The summed E-state index contributed by atoms with van der Waals surface area (Å²) in [4.78, 5) is 13.1. The van der Waals surface area contributed by atoms with Gasteiger partial charge in [-0.3, -0.25) is 9.69 Å². The molecule has 1 aliphatic heterocycles. The molecule has 1 aromatic carbocycles. The van der Waals surface area contributed by atoms with Crippen molar-refractivity contribution in [2.45, 2.75) is 38.3 Å². The Morgan fingerprint density at radius 2 is 2.16 bits per heavy atom. The third kappa shape index (κ3) is 3.85. The lowest BCUT2D eigenvalue weighted by Crippen LogP contribution is -2.40. The third-order valence-electron chi connectivity index (χ3n) is 3.56. The summed E-state index contributed by atoms with van der Waals surface area (Å²) in [5.74, 6) is -0.742. The fraction of sp³-hybridized carbons (Fsp3) is 0.500. The minimum Gasteiger partial charge on any atom is -0.481 e. The van der Waals surface area contributed by atoms with Crippen LogP contribution in [-0.4, -0.2) is 28.6 Å². The van der Waals surface area contributed by atoms with E-state index in [0.29, 0.717) is 16.6 Å². The molecule has 1 N–H and O–H groups in total. The van der Waals surface area contributed by atoms with Gasteiger partial charge in [-0.2, -0.15) is 0 Å². The largest absolute Gasteiger partial charge is 0.481 e. The molecule has 104 valence electrons. The minimum absolute atomic E-state index is 0.0984. The predicted octanol–water partition coefficient (Wildman–Crippen LogP) is 3.82. The molecule has 1 fully saturated rings. The van der Waals surface area contributed by atoms with E-state index in [2.05, 4.69) is 4.90 Å². The number of carbonyl (C=O) groups is 1. The van der Waals surface area contributed by atoms with Crippen molar-refractivity contribution in [1.82, 2.24) is 4.90 Å². The zero-order chi connectivity index (χ0) is 13.8. The molecule has 2 rings (SSSR count). The van der Waals surface area contributed by atoms with Crippen molar-refractivity contribution in [3.05, 3.63) is 33.8 Å². The van der Waals surface area contributed by atoms with E-state index in [1.807, 2.05) is 12.1 Å². The second-order valence-corrected chi connectivity index (χ2v) is 5.72. The van der Waals surface area contributed by atoms with Crippen molar-refractivity contribution in [2.75, 3.05) is 6.54 Å². The molecule has 3 nitrogen and oxygen atoms in total. The van der Waals surface area contributed by atoms with Gasteiger partial charge in [-0.05, 0) is 31.0 Å². The molecular formula is C14H17Cl2NO2. The van der Waals surface area contributed by atoms with E-state index in [9.17, 15) is 4.79 Å².